The first-order chi connectivity index (χ1) is 9.72. The Morgan fingerprint density at radius 2 is 1.80 bits per heavy atom. The van der Waals surface area contributed by atoms with Gasteiger partial charge >= 0.3 is 0 Å². The van der Waals surface area contributed by atoms with Crippen LogP contribution in [0.5, 0.6) is 0 Å². The largest absolute Gasteiger partial charge is 0.292 e. The lowest BCUT2D eigenvalue weighted by Crippen LogP contribution is -2.54. The van der Waals surface area contributed by atoms with Crippen LogP contribution < -0.4 is 0 Å². The first kappa shape index (κ1) is 13.7. The zero-order valence-corrected chi connectivity index (χ0v) is 11.8. The first-order valence-electron chi connectivity index (χ1n) is 7.63. The molecule has 1 saturated heterocycles. The molecule has 0 bridgehead atoms. The maximum Gasteiger partial charge on any atom is 0.184 e. The second-order valence-corrected chi connectivity index (χ2v) is 6.01. The van der Waals surface area contributed by atoms with Crippen molar-refractivity contribution in [3.63, 3.8) is 0 Å². The highest BCUT2D eigenvalue weighted by molar-refractivity contribution is 6.03. The minimum Gasteiger partial charge on any atom is -0.292 e. The minimum atomic E-state index is -0.428. The Labute approximate surface area is 119 Å². The molecule has 2 heterocycles. The number of nitrogens with zero attached hydrogens (tertiary/aromatic N) is 2. The van der Waals surface area contributed by atoms with Gasteiger partial charge in [0.1, 0.15) is 5.82 Å². The minimum absolute atomic E-state index is 0.0731. The summed E-state index contributed by atoms with van der Waals surface area (Å²) in [5, 5.41) is 0. The molecule has 0 atom stereocenters. The quantitative estimate of drug-likeness (QED) is 0.795. The summed E-state index contributed by atoms with van der Waals surface area (Å²) >= 11 is 0. The first-order valence-corrected chi connectivity index (χ1v) is 7.63. The molecular weight excluding hydrogens is 255 g/mol. The normalized spacial score (nSPS) is 22.9. The zero-order valence-electron chi connectivity index (χ0n) is 11.8. The number of ketones is 1. The Bertz CT molecular complexity index is 491. The van der Waals surface area contributed by atoms with Crippen molar-refractivity contribution in [2.45, 2.75) is 50.5 Å². The number of Topliss-reactive ketones (excluding diaryl/α,β-unsaturated/α-hetero) is 1. The van der Waals surface area contributed by atoms with Crippen molar-refractivity contribution in [2.75, 3.05) is 13.1 Å². The van der Waals surface area contributed by atoms with Crippen LogP contribution in [0.2, 0.25) is 0 Å². The van der Waals surface area contributed by atoms with Gasteiger partial charge in [-0.15, -0.1) is 0 Å². The van der Waals surface area contributed by atoms with Gasteiger partial charge in [-0.2, -0.15) is 0 Å². The van der Waals surface area contributed by atoms with Crippen molar-refractivity contribution in [2.24, 2.45) is 0 Å². The predicted octanol–water partition coefficient (Wildman–Crippen LogP) is 3.20. The summed E-state index contributed by atoms with van der Waals surface area (Å²) in [5.41, 5.74) is 0.0353. The van der Waals surface area contributed by atoms with Crippen LogP contribution in [0.3, 0.4) is 0 Å². The standard InChI is InChI=1S/C16H21FN2O/c17-14-10-13(11-18-12-14)15(20)16(6-2-3-7-16)19-8-4-1-5-9-19/h10-12H,1-9H2. The molecule has 3 nitrogen and oxygen atoms in total. The topological polar surface area (TPSA) is 33.2 Å². The number of rotatable bonds is 3. The molecule has 20 heavy (non-hydrogen) atoms. The third kappa shape index (κ3) is 2.37. The molecule has 0 amide bonds. The van der Waals surface area contributed by atoms with E-state index in [0.717, 1.165) is 57.8 Å². The number of hydrogen-bond acceptors (Lipinski definition) is 3. The third-order valence-electron chi connectivity index (χ3n) is 4.78. The van der Waals surface area contributed by atoms with Crippen molar-refractivity contribution in [1.29, 1.82) is 0 Å². The fourth-order valence-corrected chi connectivity index (χ4v) is 3.77. The highest BCUT2D eigenvalue weighted by Gasteiger charge is 2.46. The lowest BCUT2D eigenvalue weighted by atomic mass is 9.84. The Morgan fingerprint density at radius 3 is 2.45 bits per heavy atom. The molecule has 0 aromatic carbocycles. The number of carbonyl (C=O) groups is 1. The third-order valence-corrected chi connectivity index (χ3v) is 4.78. The summed E-state index contributed by atoms with van der Waals surface area (Å²) in [5.74, 6) is -0.355. The van der Waals surface area contributed by atoms with E-state index in [2.05, 4.69) is 9.88 Å². The predicted molar refractivity (Wildman–Crippen MR) is 75.1 cm³/mol. The number of piperidine rings is 1. The molecule has 1 aromatic rings. The van der Waals surface area contributed by atoms with Gasteiger partial charge < -0.3 is 0 Å². The molecule has 2 aliphatic rings. The molecule has 2 fully saturated rings. The monoisotopic (exact) mass is 276 g/mol. The van der Waals surface area contributed by atoms with Crippen LogP contribution in [0.15, 0.2) is 18.5 Å². The SMILES string of the molecule is O=C(c1cncc(F)c1)C1(N2CCCCC2)CCCC1. The molecule has 1 aliphatic heterocycles. The van der Waals surface area contributed by atoms with Gasteiger partial charge in [-0.05, 0) is 44.8 Å². The van der Waals surface area contributed by atoms with Gasteiger partial charge in [0, 0.05) is 11.8 Å². The van der Waals surface area contributed by atoms with Crippen LogP contribution >= 0.6 is 0 Å². The van der Waals surface area contributed by atoms with Crippen molar-refractivity contribution in [3.05, 3.63) is 29.8 Å². The fraction of sp³-hybridized carbons (Fsp3) is 0.625. The number of halogens is 1. The highest BCUT2D eigenvalue weighted by Crippen LogP contribution is 2.39. The van der Waals surface area contributed by atoms with Gasteiger partial charge in [-0.1, -0.05) is 19.3 Å². The van der Waals surface area contributed by atoms with E-state index in [1.165, 1.54) is 18.7 Å². The van der Waals surface area contributed by atoms with E-state index >= 15 is 0 Å². The summed E-state index contributed by atoms with van der Waals surface area (Å²) in [6, 6.07) is 1.33. The van der Waals surface area contributed by atoms with Crippen LogP contribution in [0.1, 0.15) is 55.3 Å². The second kappa shape index (κ2) is 5.60. The molecule has 1 aromatic heterocycles. The van der Waals surface area contributed by atoms with Crippen molar-refractivity contribution >= 4 is 5.78 Å². The molecule has 1 saturated carbocycles. The van der Waals surface area contributed by atoms with Crippen molar-refractivity contribution in [3.8, 4) is 0 Å². The van der Waals surface area contributed by atoms with E-state index < -0.39 is 11.4 Å². The van der Waals surface area contributed by atoms with E-state index in [9.17, 15) is 9.18 Å². The van der Waals surface area contributed by atoms with Crippen LogP contribution in [0, 0.1) is 5.82 Å². The Hall–Kier alpha value is -1.29. The molecule has 1 aliphatic carbocycles. The molecule has 0 spiro atoms. The van der Waals surface area contributed by atoms with Gasteiger partial charge in [-0.3, -0.25) is 14.7 Å². The number of likely N-dealkylation sites (tertiary alicyclic amines) is 1. The van der Waals surface area contributed by atoms with Crippen LogP contribution in [0.25, 0.3) is 0 Å². The number of pyridine rings is 1. The number of aromatic nitrogens is 1. The maximum atomic E-state index is 13.4. The smallest absolute Gasteiger partial charge is 0.184 e. The highest BCUT2D eigenvalue weighted by atomic mass is 19.1. The Morgan fingerprint density at radius 1 is 1.10 bits per heavy atom. The number of carbonyl (C=O) groups excluding carboxylic acids is 1. The molecule has 0 unspecified atom stereocenters. The van der Waals surface area contributed by atoms with Crippen LogP contribution in [-0.4, -0.2) is 34.3 Å². The molecule has 108 valence electrons. The van der Waals surface area contributed by atoms with Gasteiger partial charge in [0.2, 0.25) is 0 Å². The fourth-order valence-electron chi connectivity index (χ4n) is 3.77. The van der Waals surface area contributed by atoms with E-state index in [4.69, 9.17) is 0 Å². The molecule has 3 rings (SSSR count). The van der Waals surface area contributed by atoms with Gasteiger partial charge in [0.15, 0.2) is 5.78 Å². The lowest BCUT2D eigenvalue weighted by molar-refractivity contribution is 0.0476. The summed E-state index contributed by atoms with van der Waals surface area (Å²) in [4.78, 5) is 19.2. The Balaban J connectivity index is 1.91. The van der Waals surface area contributed by atoms with Crippen LogP contribution in [0.4, 0.5) is 4.39 Å². The second-order valence-electron chi connectivity index (χ2n) is 6.01. The zero-order chi connectivity index (χ0) is 14.0. The van der Waals surface area contributed by atoms with Crippen molar-refractivity contribution in [1.82, 2.24) is 9.88 Å². The average molecular weight is 276 g/mol. The summed E-state index contributed by atoms with van der Waals surface area (Å²) in [6.07, 6.45) is 10.2. The molecule has 0 N–H and O–H groups in total. The molecular formula is C16H21FN2O. The lowest BCUT2D eigenvalue weighted by Gasteiger charge is -2.42. The van der Waals surface area contributed by atoms with E-state index in [1.54, 1.807) is 0 Å². The molecule has 0 radical (unpaired) electrons. The van der Waals surface area contributed by atoms with Gasteiger partial charge in [0.05, 0.1) is 11.7 Å². The van der Waals surface area contributed by atoms with E-state index in [1.807, 2.05) is 0 Å². The van der Waals surface area contributed by atoms with Gasteiger partial charge in [-0.25, -0.2) is 4.39 Å². The molecule has 4 heteroatoms. The number of hydrogen-bond donors (Lipinski definition) is 0. The Kier molecular flexibility index (Phi) is 3.83. The summed E-state index contributed by atoms with van der Waals surface area (Å²) < 4.78 is 13.4. The van der Waals surface area contributed by atoms with Crippen molar-refractivity contribution < 1.29 is 9.18 Å². The van der Waals surface area contributed by atoms with Gasteiger partial charge in [0.25, 0.3) is 0 Å². The summed E-state index contributed by atoms with van der Waals surface area (Å²) in [7, 11) is 0. The van der Waals surface area contributed by atoms with E-state index in [-0.39, 0.29) is 5.78 Å². The maximum absolute atomic E-state index is 13.4. The van der Waals surface area contributed by atoms with E-state index in [0.29, 0.717) is 5.56 Å². The summed E-state index contributed by atoms with van der Waals surface area (Å²) in [6.45, 7) is 1.99. The average Bonchev–Trinajstić information content (AvgIpc) is 2.98. The van der Waals surface area contributed by atoms with Crippen LogP contribution in [-0.2, 0) is 0 Å².